The maximum Gasteiger partial charge on any atom is 0.219 e. The Hall–Kier alpha value is -1.46. The van der Waals surface area contributed by atoms with Crippen molar-refractivity contribution in [1.82, 2.24) is 10.2 Å². The molecular formula is C18H27FN2O2. The predicted molar refractivity (Wildman–Crippen MR) is 88.9 cm³/mol. The highest BCUT2D eigenvalue weighted by Crippen LogP contribution is 2.24. The Morgan fingerprint density at radius 2 is 2.13 bits per heavy atom. The van der Waals surface area contributed by atoms with E-state index in [0.29, 0.717) is 19.5 Å². The Kier molecular flexibility index (Phi) is 6.99. The van der Waals surface area contributed by atoms with Crippen LogP contribution in [0, 0.1) is 5.92 Å². The molecule has 0 saturated carbocycles. The average molecular weight is 322 g/mol. The van der Waals surface area contributed by atoms with Crippen LogP contribution in [0.1, 0.15) is 25.3 Å². The average Bonchev–Trinajstić information content (AvgIpc) is 2.88. The van der Waals surface area contributed by atoms with Crippen molar-refractivity contribution in [3.8, 4) is 0 Å². The number of aryl methyl sites for hydroxylation is 1. The molecule has 4 nitrogen and oxygen atoms in total. The fourth-order valence-corrected chi connectivity index (χ4v) is 3.21. The van der Waals surface area contributed by atoms with E-state index >= 15 is 0 Å². The normalized spacial score (nSPS) is 24.7. The number of nitrogens with one attached hydrogen (secondary N) is 1. The van der Waals surface area contributed by atoms with Crippen LogP contribution >= 0.6 is 0 Å². The summed E-state index contributed by atoms with van der Waals surface area (Å²) in [6, 6.07) is 9.77. The summed E-state index contributed by atoms with van der Waals surface area (Å²) in [6.45, 7) is 3.05. The summed E-state index contributed by atoms with van der Waals surface area (Å²) >= 11 is 0. The lowest BCUT2D eigenvalue weighted by Gasteiger charge is -2.23. The molecule has 2 rings (SSSR count). The number of hydrogen-bond donors (Lipinski definition) is 2. The molecule has 1 heterocycles. The molecule has 0 aliphatic carbocycles. The van der Waals surface area contributed by atoms with Gasteiger partial charge in [0, 0.05) is 25.4 Å². The van der Waals surface area contributed by atoms with Crippen LogP contribution in [0.25, 0.3) is 0 Å². The van der Waals surface area contributed by atoms with Crippen molar-refractivity contribution in [3.63, 3.8) is 0 Å². The first kappa shape index (κ1) is 17.9. The summed E-state index contributed by atoms with van der Waals surface area (Å²) in [6.07, 6.45) is 1.59. The number of benzene rings is 1. The maximum atomic E-state index is 13.3. The number of halogens is 1. The molecule has 1 fully saturated rings. The van der Waals surface area contributed by atoms with E-state index in [-0.39, 0.29) is 11.8 Å². The molecule has 128 valence electrons. The van der Waals surface area contributed by atoms with Crippen molar-refractivity contribution < 1.29 is 14.3 Å². The van der Waals surface area contributed by atoms with E-state index in [1.807, 2.05) is 23.1 Å². The molecule has 23 heavy (non-hydrogen) atoms. The second-order valence-corrected chi connectivity index (χ2v) is 6.21. The molecule has 0 aromatic heterocycles. The lowest BCUT2D eigenvalue weighted by Crippen LogP contribution is -2.39. The number of nitrogens with zero attached hydrogens (tertiary/aromatic N) is 1. The number of aliphatic hydroxyl groups excluding tert-OH is 1. The third kappa shape index (κ3) is 5.01. The predicted octanol–water partition coefficient (Wildman–Crippen LogP) is 1.78. The lowest BCUT2D eigenvalue weighted by atomic mass is 10.0. The fourth-order valence-electron chi connectivity index (χ4n) is 3.21. The van der Waals surface area contributed by atoms with Crippen LogP contribution in [-0.2, 0) is 11.2 Å². The highest BCUT2D eigenvalue weighted by molar-refractivity contribution is 5.75. The summed E-state index contributed by atoms with van der Waals surface area (Å²) in [5.41, 5.74) is 1.27. The third-order valence-electron chi connectivity index (χ3n) is 4.61. The smallest absolute Gasteiger partial charge is 0.219 e. The molecule has 3 unspecified atom stereocenters. The summed E-state index contributed by atoms with van der Waals surface area (Å²) in [5.74, 6) is -0.125. The number of aliphatic hydroxyl groups is 1. The van der Waals surface area contributed by atoms with E-state index in [1.54, 1.807) is 6.92 Å². The van der Waals surface area contributed by atoms with Crippen molar-refractivity contribution in [2.24, 2.45) is 5.92 Å². The molecule has 2 N–H and O–H groups in total. The van der Waals surface area contributed by atoms with Crippen LogP contribution < -0.4 is 5.32 Å². The fraction of sp³-hybridized carbons (Fsp3) is 0.611. The van der Waals surface area contributed by atoms with Crippen molar-refractivity contribution in [2.45, 2.75) is 38.3 Å². The maximum absolute atomic E-state index is 13.3. The van der Waals surface area contributed by atoms with Crippen molar-refractivity contribution in [2.75, 3.05) is 26.3 Å². The van der Waals surface area contributed by atoms with Crippen LogP contribution in [0.3, 0.4) is 0 Å². The molecule has 0 bridgehead atoms. The van der Waals surface area contributed by atoms with Gasteiger partial charge in [-0.05, 0) is 24.9 Å². The summed E-state index contributed by atoms with van der Waals surface area (Å²) in [4.78, 5) is 13.4. The molecule has 1 aromatic carbocycles. The van der Waals surface area contributed by atoms with Crippen molar-refractivity contribution >= 4 is 5.91 Å². The number of hydrogen-bond acceptors (Lipinski definition) is 3. The minimum Gasteiger partial charge on any atom is -0.391 e. The van der Waals surface area contributed by atoms with Gasteiger partial charge in [-0.1, -0.05) is 37.3 Å². The van der Waals surface area contributed by atoms with E-state index in [0.717, 1.165) is 19.4 Å². The Labute approximate surface area is 137 Å². The molecule has 0 radical (unpaired) electrons. The summed E-state index contributed by atoms with van der Waals surface area (Å²) in [5, 5.41) is 13.1. The van der Waals surface area contributed by atoms with Crippen molar-refractivity contribution in [3.05, 3.63) is 35.9 Å². The molecule has 0 spiro atoms. The lowest BCUT2D eigenvalue weighted by molar-refractivity contribution is -0.121. The van der Waals surface area contributed by atoms with Crippen LogP contribution in [0.2, 0.25) is 0 Å². The first-order valence-electron chi connectivity index (χ1n) is 8.44. The SMILES string of the molecule is CCC(=O)NCC1CN(CCCc2ccccc2)C(CF)C1O. The van der Waals surface area contributed by atoms with Gasteiger partial charge in [0.05, 0.1) is 12.1 Å². The first-order chi connectivity index (χ1) is 11.2. The molecule has 1 amide bonds. The molecule has 1 aliphatic heterocycles. The number of likely N-dealkylation sites (tertiary alicyclic amines) is 1. The van der Waals surface area contributed by atoms with E-state index in [9.17, 15) is 14.3 Å². The highest BCUT2D eigenvalue weighted by atomic mass is 19.1. The van der Waals surface area contributed by atoms with Gasteiger partial charge >= 0.3 is 0 Å². The minimum absolute atomic E-state index is 0.0310. The molecule has 5 heteroatoms. The Bertz CT molecular complexity index is 483. The monoisotopic (exact) mass is 322 g/mol. The summed E-state index contributed by atoms with van der Waals surface area (Å²) in [7, 11) is 0. The second kappa shape index (κ2) is 8.99. The standard InChI is InChI=1S/C18H27FN2O2/c1-2-17(22)20-12-15-13-21(16(11-19)18(15)23)10-6-9-14-7-4-3-5-8-14/h3-5,7-8,15-16,18,23H,2,6,9-13H2,1H3,(H,20,22). The highest BCUT2D eigenvalue weighted by Gasteiger charge is 2.40. The largest absolute Gasteiger partial charge is 0.391 e. The van der Waals surface area contributed by atoms with Gasteiger partial charge in [-0.2, -0.15) is 0 Å². The molecular weight excluding hydrogens is 295 g/mol. The Morgan fingerprint density at radius 3 is 2.78 bits per heavy atom. The number of carbonyl (C=O) groups is 1. The number of amides is 1. The van der Waals surface area contributed by atoms with Crippen LogP contribution in [0.4, 0.5) is 4.39 Å². The summed E-state index contributed by atoms with van der Waals surface area (Å²) < 4.78 is 13.3. The Morgan fingerprint density at radius 1 is 1.39 bits per heavy atom. The van der Waals surface area contributed by atoms with Gasteiger partial charge < -0.3 is 10.4 Å². The zero-order chi connectivity index (χ0) is 16.7. The van der Waals surface area contributed by atoms with Crippen LogP contribution in [0.15, 0.2) is 30.3 Å². The van der Waals surface area contributed by atoms with Crippen molar-refractivity contribution in [1.29, 1.82) is 0 Å². The third-order valence-corrected chi connectivity index (χ3v) is 4.61. The molecule has 1 aromatic rings. The van der Waals surface area contributed by atoms with E-state index in [2.05, 4.69) is 17.4 Å². The van der Waals surface area contributed by atoms with Gasteiger partial charge in [0.2, 0.25) is 5.91 Å². The number of rotatable bonds is 8. The minimum atomic E-state index is -0.714. The van der Waals surface area contributed by atoms with E-state index in [4.69, 9.17) is 0 Å². The van der Waals surface area contributed by atoms with Gasteiger partial charge in [0.25, 0.3) is 0 Å². The number of alkyl halides is 1. The van der Waals surface area contributed by atoms with Gasteiger partial charge in [-0.3, -0.25) is 9.69 Å². The van der Waals surface area contributed by atoms with E-state index < -0.39 is 18.8 Å². The van der Waals surface area contributed by atoms with Crippen LogP contribution in [-0.4, -0.2) is 54.4 Å². The zero-order valence-electron chi connectivity index (χ0n) is 13.7. The van der Waals surface area contributed by atoms with Crippen LogP contribution in [0.5, 0.6) is 0 Å². The van der Waals surface area contributed by atoms with Gasteiger partial charge in [-0.25, -0.2) is 4.39 Å². The molecule has 1 aliphatic rings. The molecule has 1 saturated heterocycles. The molecule has 3 atom stereocenters. The quantitative estimate of drug-likeness (QED) is 0.767. The van der Waals surface area contributed by atoms with Gasteiger partial charge in [-0.15, -0.1) is 0 Å². The topological polar surface area (TPSA) is 52.6 Å². The zero-order valence-corrected chi connectivity index (χ0v) is 13.7. The second-order valence-electron chi connectivity index (χ2n) is 6.21. The first-order valence-corrected chi connectivity index (χ1v) is 8.44. The number of carbonyl (C=O) groups excluding carboxylic acids is 1. The van der Waals surface area contributed by atoms with E-state index in [1.165, 1.54) is 5.56 Å². The Balaban J connectivity index is 1.82. The van der Waals surface area contributed by atoms with Gasteiger partial charge in [0.15, 0.2) is 0 Å². The van der Waals surface area contributed by atoms with Gasteiger partial charge in [0.1, 0.15) is 6.67 Å².